The fraction of sp³-hybridized carbons (Fsp3) is 0.600. The Balaban J connectivity index is 2.28. The molecule has 0 unspecified atom stereocenters. The minimum Gasteiger partial charge on any atom is -0.361 e. The van der Waals surface area contributed by atoms with Gasteiger partial charge in [-0.3, -0.25) is 0 Å². The molecule has 1 heterocycles. The van der Waals surface area contributed by atoms with Crippen LogP contribution in [0.2, 0.25) is 0 Å². The third-order valence-electron chi connectivity index (χ3n) is 2.13. The number of rotatable bonds is 5. The number of aryl methyl sites for hydroxylation is 2. The molecule has 0 bridgehead atoms. The first-order valence-corrected chi connectivity index (χ1v) is 4.75. The summed E-state index contributed by atoms with van der Waals surface area (Å²) in [5.74, 6) is 0.871. The molecule has 0 saturated heterocycles. The maximum absolute atomic E-state index is 8.34. The van der Waals surface area contributed by atoms with Gasteiger partial charge in [-0.25, -0.2) is 0 Å². The molecule has 0 amide bonds. The molecule has 1 N–H and O–H groups in total. The van der Waals surface area contributed by atoms with Crippen LogP contribution in [0.1, 0.15) is 29.9 Å². The highest BCUT2D eigenvalue weighted by Gasteiger charge is 2.07. The van der Waals surface area contributed by atoms with Crippen LogP contribution in [0, 0.1) is 25.2 Å². The summed E-state index contributed by atoms with van der Waals surface area (Å²) in [5.41, 5.74) is 2.07. The third kappa shape index (κ3) is 2.86. The molecule has 0 aromatic carbocycles. The second-order valence-electron chi connectivity index (χ2n) is 3.24. The van der Waals surface area contributed by atoms with E-state index in [4.69, 9.17) is 9.78 Å². The van der Waals surface area contributed by atoms with E-state index < -0.39 is 0 Å². The molecule has 0 aliphatic rings. The molecule has 0 saturated carbocycles. The van der Waals surface area contributed by atoms with Crippen LogP contribution >= 0.6 is 0 Å². The molecule has 1 rings (SSSR count). The molecule has 1 aromatic heterocycles. The molecule has 0 fully saturated rings. The zero-order valence-corrected chi connectivity index (χ0v) is 8.63. The summed E-state index contributed by atoms with van der Waals surface area (Å²) >= 11 is 0. The fourth-order valence-corrected chi connectivity index (χ4v) is 1.26. The minimum absolute atomic E-state index is 0.606. The predicted molar refractivity (Wildman–Crippen MR) is 52.5 cm³/mol. The van der Waals surface area contributed by atoms with Gasteiger partial charge in [-0.1, -0.05) is 5.16 Å². The minimum atomic E-state index is 0.606. The number of unbranched alkanes of at least 4 members (excludes halogenated alkanes) is 1. The van der Waals surface area contributed by atoms with Crippen LogP contribution in [0.15, 0.2) is 4.52 Å². The summed E-state index contributed by atoms with van der Waals surface area (Å²) in [6.45, 7) is 5.47. The molecule has 0 spiro atoms. The van der Waals surface area contributed by atoms with Crippen molar-refractivity contribution in [2.75, 3.05) is 6.54 Å². The first-order valence-electron chi connectivity index (χ1n) is 4.75. The van der Waals surface area contributed by atoms with E-state index in [-0.39, 0.29) is 0 Å². The standard InChI is InChI=1S/C10H15N3O/c1-8-10(9(2)14-13-8)7-12-6-4-3-5-11/h12H,3-4,6-7H2,1-2H3. The van der Waals surface area contributed by atoms with Crippen molar-refractivity contribution >= 4 is 0 Å². The zero-order valence-electron chi connectivity index (χ0n) is 8.63. The van der Waals surface area contributed by atoms with Gasteiger partial charge in [0.25, 0.3) is 0 Å². The van der Waals surface area contributed by atoms with E-state index in [0.29, 0.717) is 6.42 Å². The fourth-order valence-electron chi connectivity index (χ4n) is 1.26. The smallest absolute Gasteiger partial charge is 0.138 e. The lowest BCUT2D eigenvalue weighted by Gasteiger charge is -2.01. The highest BCUT2D eigenvalue weighted by atomic mass is 16.5. The van der Waals surface area contributed by atoms with E-state index in [1.165, 1.54) is 0 Å². The maximum atomic E-state index is 8.34. The molecular formula is C10H15N3O. The molecule has 14 heavy (non-hydrogen) atoms. The van der Waals surface area contributed by atoms with Crippen molar-refractivity contribution in [3.63, 3.8) is 0 Å². The van der Waals surface area contributed by atoms with Crippen molar-refractivity contribution < 1.29 is 4.52 Å². The van der Waals surface area contributed by atoms with Crippen molar-refractivity contribution in [2.45, 2.75) is 33.2 Å². The van der Waals surface area contributed by atoms with E-state index >= 15 is 0 Å². The normalized spacial score (nSPS) is 10.1. The lowest BCUT2D eigenvalue weighted by Crippen LogP contribution is -2.15. The van der Waals surface area contributed by atoms with Gasteiger partial charge in [-0.15, -0.1) is 0 Å². The van der Waals surface area contributed by atoms with Crippen LogP contribution < -0.4 is 5.32 Å². The van der Waals surface area contributed by atoms with Crippen LogP contribution in [0.3, 0.4) is 0 Å². The highest BCUT2D eigenvalue weighted by molar-refractivity contribution is 5.20. The van der Waals surface area contributed by atoms with Crippen LogP contribution in [0.25, 0.3) is 0 Å². The van der Waals surface area contributed by atoms with E-state index in [2.05, 4.69) is 16.5 Å². The Bertz CT molecular complexity index is 305. The number of hydrogen-bond donors (Lipinski definition) is 1. The number of nitriles is 1. The molecule has 0 radical (unpaired) electrons. The molecule has 0 atom stereocenters. The number of nitrogens with one attached hydrogen (secondary N) is 1. The van der Waals surface area contributed by atoms with Gasteiger partial charge in [0.1, 0.15) is 5.76 Å². The molecule has 0 aliphatic heterocycles. The molecular weight excluding hydrogens is 178 g/mol. The van der Waals surface area contributed by atoms with Gasteiger partial charge in [0, 0.05) is 18.5 Å². The van der Waals surface area contributed by atoms with Crippen molar-refractivity contribution in [3.8, 4) is 6.07 Å². The van der Waals surface area contributed by atoms with Crippen LogP contribution in [-0.2, 0) is 6.54 Å². The summed E-state index contributed by atoms with van der Waals surface area (Å²) in [7, 11) is 0. The Labute approximate surface area is 83.9 Å². The molecule has 4 nitrogen and oxygen atoms in total. The van der Waals surface area contributed by atoms with Crippen molar-refractivity contribution in [1.29, 1.82) is 5.26 Å². The van der Waals surface area contributed by atoms with Crippen LogP contribution in [0.5, 0.6) is 0 Å². The van der Waals surface area contributed by atoms with Crippen molar-refractivity contribution in [3.05, 3.63) is 17.0 Å². The Morgan fingerprint density at radius 3 is 2.86 bits per heavy atom. The summed E-state index contributed by atoms with van der Waals surface area (Å²) < 4.78 is 5.03. The van der Waals surface area contributed by atoms with E-state index in [1.54, 1.807) is 0 Å². The first kappa shape index (κ1) is 10.7. The Morgan fingerprint density at radius 1 is 1.50 bits per heavy atom. The second kappa shape index (κ2) is 5.40. The highest BCUT2D eigenvalue weighted by Crippen LogP contribution is 2.11. The Morgan fingerprint density at radius 2 is 2.29 bits per heavy atom. The lowest BCUT2D eigenvalue weighted by molar-refractivity contribution is 0.392. The van der Waals surface area contributed by atoms with E-state index in [9.17, 15) is 0 Å². The van der Waals surface area contributed by atoms with E-state index in [0.717, 1.165) is 36.5 Å². The van der Waals surface area contributed by atoms with Gasteiger partial charge in [0.05, 0.1) is 11.8 Å². The summed E-state index contributed by atoms with van der Waals surface area (Å²) in [5, 5.41) is 15.5. The Hall–Kier alpha value is -1.34. The predicted octanol–water partition coefficient (Wildman–Crippen LogP) is 1.68. The van der Waals surface area contributed by atoms with Crippen molar-refractivity contribution in [1.82, 2.24) is 10.5 Å². The zero-order chi connectivity index (χ0) is 10.4. The van der Waals surface area contributed by atoms with Crippen LogP contribution in [0.4, 0.5) is 0 Å². The maximum Gasteiger partial charge on any atom is 0.138 e. The molecule has 0 aliphatic carbocycles. The topological polar surface area (TPSA) is 61.9 Å². The summed E-state index contributed by atoms with van der Waals surface area (Å²) in [6.07, 6.45) is 1.49. The molecule has 4 heteroatoms. The van der Waals surface area contributed by atoms with Gasteiger partial charge in [-0.2, -0.15) is 5.26 Å². The number of nitrogens with zero attached hydrogens (tertiary/aromatic N) is 2. The van der Waals surface area contributed by atoms with Gasteiger partial charge in [0.15, 0.2) is 0 Å². The second-order valence-corrected chi connectivity index (χ2v) is 3.24. The van der Waals surface area contributed by atoms with Crippen molar-refractivity contribution in [2.24, 2.45) is 0 Å². The van der Waals surface area contributed by atoms with Gasteiger partial charge in [0.2, 0.25) is 0 Å². The van der Waals surface area contributed by atoms with Gasteiger partial charge >= 0.3 is 0 Å². The lowest BCUT2D eigenvalue weighted by atomic mass is 10.2. The molecule has 76 valence electrons. The molecule has 1 aromatic rings. The number of aromatic nitrogens is 1. The van der Waals surface area contributed by atoms with Gasteiger partial charge < -0.3 is 9.84 Å². The van der Waals surface area contributed by atoms with Gasteiger partial charge in [-0.05, 0) is 26.8 Å². The van der Waals surface area contributed by atoms with Crippen LogP contribution in [-0.4, -0.2) is 11.7 Å². The number of hydrogen-bond acceptors (Lipinski definition) is 4. The van der Waals surface area contributed by atoms with E-state index in [1.807, 2.05) is 13.8 Å². The third-order valence-corrected chi connectivity index (χ3v) is 2.13. The monoisotopic (exact) mass is 193 g/mol. The quantitative estimate of drug-likeness (QED) is 0.723. The summed E-state index contributed by atoms with van der Waals surface area (Å²) in [4.78, 5) is 0. The Kier molecular flexibility index (Phi) is 4.14. The first-order chi connectivity index (χ1) is 6.75. The SMILES string of the molecule is Cc1noc(C)c1CNCCCC#N. The average Bonchev–Trinajstić information content (AvgIpc) is 2.48. The average molecular weight is 193 g/mol. The largest absolute Gasteiger partial charge is 0.361 e. The summed E-state index contributed by atoms with van der Waals surface area (Å²) in [6, 6.07) is 2.11.